The van der Waals surface area contributed by atoms with E-state index in [0.717, 1.165) is 5.56 Å². The lowest BCUT2D eigenvalue weighted by atomic mass is 10.2. The summed E-state index contributed by atoms with van der Waals surface area (Å²) in [5.41, 5.74) is 4.08. The van der Waals surface area contributed by atoms with Crippen molar-refractivity contribution in [2.75, 3.05) is 13.7 Å². The molecule has 0 fully saturated rings. The molecule has 0 bridgehead atoms. The van der Waals surface area contributed by atoms with Crippen LogP contribution in [0.2, 0.25) is 19.6 Å². The van der Waals surface area contributed by atoms with E-state index in [4.69, 9.17) is 4.74 Å². The number of carbonyl (C=O) groups is 1. The first-order chi connectivity index (χ1) is 8.42. The molecule has 0 saturated carbocycles. The van der Waals surface area contributed by atoms with Crippen LogP contribution < -0.4 is 4.74 Å². The van der Waals surface area contributed by atoms with Crippen molar-refractivity contribution in [1.82, 2.24) is 0 Å². The predicted octanol–water partition coefficient (Wildman–Crippen LogP) is 2.47. The van der Waals surface area contributed by atoms with Crippen molar-refractivity contribution in [2.45, 2.75) is 19.6 Å². The minimum atomic E-state index is -1.42. The summed E-state index contributed by atoms with van der Waals surface area (Å²) in [5, 5.41) is 0. The minimum absolute atomic E-state index is 0.0951. The van der Waals surface area contributed by atoms with Crippen LogP contribution in [-0.2, 0) is 9.53 Å². The van der Waals surface area contributed by atoms with Gasteiger partial charge in [0.1, 0.15) is 13.8 Å². The molecule has 1 aromatic rings. The summed E-state index contributed by atoms with van der Waals surface area (Å²) in [6.45, 7) is 6.44. The average molecular weight is 262 g/mol. The number of hydrogen-bond acceptors (Lipinski definition) is 3. The Morgan fingerprint density at radius 1 is 1.28 bits per heavy atom. The van der Waals surface area contributed by atoms with Crippen LogP contribution in [0.15, 0.2) is 24.3 Å². The average Bonchev–Trinajstić information content (AvgIpc) is 2.33. The number of benzene rings is 1. The maximum Gasteiger partial charge on any atom is 0.343 e. The lowest BCUT2D eigenvalue weighted by Gasteiger charge is -2.07. The monoisotopic (exact) mass is 262 g/mol. The Balaban J connectivity index is 2.85. The van der Waals surface area contributed by atoms with Gasteiger partial charge in [0, 0.05) is 0 Å². The van der Waals surface area contributed by atoms with Crippen molar-refractivity contribution in [3.8, 4) is 17.2 Å². The third-order valence-electron chi connectivity index (χ3n) is 2.03. The van der Waals surface area contributed by atoms with Gasteiger partial charge in [-0.15, -0.1) is 5.54 Å². The van der Waals surface area contributed by atoms with Gasteiger partial charge < -0.3 is 9.47 Å². The molecule has 4 heteroatoms. The van der Waals surface area contributed by atoms with Crippen LogP contribution in [0.3, 0.4) is 0 Å². The van der Waals surface area contributed by atoms with Crippen molar-refractivity contribution >= 4 is 14.0 Å². The number of carbonyl (C=O) groups excluding carboxylic acids is 1. The van der Waals surface area contributed by atoms with Crippen LogP contribution in [0.5, 0.6) is 5.75 Å². The number of rotatable bonds is 3. The number of para-hydroxylation sites is 1. The Hall–Kier alpha value is -1.73. The van der Waals surface area contributed by atoms with Crippen LogP contribution in [0, 0.1) is 11.5 Å². The Bertz CT molecular complexity index is 478. The fraction of sp³-hybridized carbons (Fsp3) is 0.357. The Morgan fingerprint density at radius 2 is 1.94 bits per heavy atom. The summed E-state index contributed by atoms with van der Waals surface area (Å²) in [5.74, 6) is 3.35. The Kier molecular flexibility index (Phi) is 4.99. The molecule has 0 saturated heterocycles. The Morgan fingerprint density at radius 3 is 2.56 bits per heavy atom. The van der Waals surface area contributed by atoms with Crippen molar-refractivity contribution in [3.63, 3.8) is 0 Å². The molecule has 0 unspecified atom stereocenters. The quantitative estimate of drug-likeness (QED) is 0.477. The molecule has 0 heterocycles. The lowest BCUT2D eigenvalue weighted by Crippen LogP contribution is -2.16. The highest BCUT2D eigenvalue weighted by Crippen LogP contribution is 2.17. The summed E-state index contributed by atoms with van der Waals surface area (Å²) in [4.78, 5) is 11.0. The van der Waals surface area contributed by atoms with Gasteiger partial charge in [-0.1, -0.05) is 37.7 Å². The maximum atomic E-state index is 11.0. The van der Waals surface area contributed by atoms with Gasteiger partial charge in [0.15, 0.2) is 6.61 Å². The molecule has 0 aliphatic heterocycles. The van der Waals surface area contributed by atoms with Gasteiger partial charge in [-0.05, 0) is 12.1 Å². The lowest BCUT2D eigenvalue weighted by molar-refractivity contribution is -0.142. The van der Waals surface area contributed by atoms with Gasteiger partial charge in [0.2, 0.25) is 0 Å². The molecule has 3 nitrogen and oxygen atoms in total. The van der Waals surface area contributed by atoms with Crippen LogP contribution in [-0.4, -0.2) is 27.8 Å². The molecule has 0 spiro atoms. The predicted molar refractivity (Wildman–Crippen MR) is 74.2 cm³/mol. The fourth-order valence-electron chi connectivity index (χ4n) is 1.15. The Labute approximate surface area is 109 Å². The summed E-state index contributed by atoms with van der Waals surface area (Å²) in [7, 11) is -0.0870. The van der Waals surface area contributed by atoms with E-state index >= 15 is 0 Å². The van der Waals surface area contributed by atoms with Crippen molar-refractivity contribution in [3.05, 3.63) is 29.8 Å². The van der Waals surface area contributed by atoms with Crippen molar-refractivity contribution < 1.29 is 14.3 Å². The largest absolute Gasteiger partial charge is 0.481 e. The van der Waals surface area contributed by atoms with Gasteiger partial charge in [0.25, 0.3) is 0 Å². The first kappa shape index (κ1) is 14.3. The van der Waals surface area contributed by atoms with Gasteiger partial charge in [-0.2, -0.15) is 0 Å². The minimum Gasteiger partial charge on any atom is -0.481 e. The SMILES string of the molecule is COC(=O)COc1ccccc1C#C[Si](C)(C)C. The normalized spacial score (nSPS) is 10.2. The molecule has 1 aromatic carbocycles. The smallest absolute Gasteiger partial charge is 0.343 e. The highest BCUT2D eigenvalue weighted by atomic mass is 28.3. The molecule has 0 radical (unpaired) electrons. The van der Waals surface area contributed by atoms with E-state index in [9.17, 15) is 4.79 Å². The zero-order valence-electron chi connectivity index (χ0n) is 11.2. The summed E-state index contributed by atoms with van der Waals surface area (Å²) in [6.07, 6.45) is 0. The van der Waals surface area contributed by atoms with Crippen LogP contribution in [0.1, 0.15) is 5.56 Å². The highest BCUT2D eigenvalue weighted by molar-refractivity contribution is 6.83. The third kappa shape index (κ3) is 5.06. The summed E-state index contributed by atoms with van der Waals surface area (Å²) in [6, 6.07) is 7.45. The van der Waals surface area contributed by atoms with E-state index in [1.807, 2.05) is 18.2 Å². The topological polar surface area (TPSA) is 35.5 Å². The molecule has 1 rings (SSSR count). The molecule has 96 valence electrons. The van der Waals surface area contributed by atoms with E-state index < -0.39 is 14.0 Å². The van der Waals surface area contributed by atoms with Gasteiger partial charge in [-0.3, -0.25) is 0 Å². The maximum absolute atomic E-state index is 11.0. The zero-order chi connectivity index (χ0) is 13.6. The molecule has 0 aliphatic rings. The standard InChI is InChI=1S/C14H18O3Si/c1-16-14(15)11-17-13-8-6-5-7-12(13)9-10-18(2,3)4/h5-8H,11H2,1-4H3. The summed E-state index contributed by atoms with van der Waals surface area (Å²) < 4.78 is 9.93. The molecular weight excluding hydrogens is 244 g/mol. The molecule has 0 aliphatic carbocycles. The van der Waals surface area contributed by atoms with E-state index in [-0.39, 0.29) is 6.61 Å². The van der Waals surface area contributed by atoms with E-state index in [0.29, 0.717) is 5.75 Å². The van der Waals surface area contributed by atoms with Gasteiger partial charge >= 0.3 is 5.97 Å². The second-order valence-electron chi connectivity index (χ2n) is 4.86. The molecule has 18 heavy (non-hydrogen) atoms. The first-order valence-corrected chi connectivity index (χ1v) is 9.24. The molecule has 0 aromatic heterocycles. The van der Waals surface area contributed by atoms with E-state index in [1.165, 1.54) is 7.11 Å². The van der Waals surface area contributed by atoms with Crippen molar-refractivity contribution in [1.29, 1.82) is 0 Å². The number of hydrogen-bond donors (Lipinski definition) is 0. The summed E-state index contributed by atoms with van der Waals surface area (Å²) >= 11 is 0. The van der Waals surface area contributed by atoms with E-state index in [2.05, 4.69) is 35.8 Å². The fourth-order valence-corrected chi connectivity index (χ4v) is 1.66. The second kappa shape index (κ2) is 6.27. The van der Waals surface area contributed by atoms with Gasteiger partial charge in [-0.25, -0.2) is 4.79 Å². The second-order valence-corrected chi connectivity index (χ2v) is 9.61. The molecular formula is C14H18O3Si. The first-order valence-electron chi connectivity index (χ1n) is 5.74. The van der Waals surface area contributed by atoms with Gasteiger partial charge in [0.05, 0.1) is 12.7 Å². The van der Waals surface area contributed by atoms with Crippen LogP contribution in [0.25, 0.3) is 0 Å². The van der Waals surface area contributed by atoms with Crippen LogP contribution in [0.4, 0.5) is 0 Å². The highest BCUT2D eigenvalue weighted by Gasteiger charge is 2.09. The van der Waals surface area contributed by atoms with E-state index in [1.54, 1.807) is 6.07 Å². The third-order valence-corrected chi connectivity index (χ3v) is 2.91. The number of methoxy groups -OCH3 is 1. The number of esters is 1. The molecule has 0 amide bonds. The zero-order valence-corrected chi connectivity index (χ0v) is 12.2. The molecule has 0 atom stereocenters. The molecule has 0 N–H and O–H groups in total. The van der Waals surface area contributed by atoms with Crippen LogP contribution >= 0.6 is 0 Å². The number of ether oxygens (including phenoxy) is 2. The van der Waals surface area contributed by atoms with Crippen molar-refractivity contribution in [2.24, 2.45) is 0 Å².